The maximum atomic E-state index is 12.6. The minimum Gasteiger partial charge on any atom is -0.316 e. The summed E-state index contributed by atoms with van der Waals surface area (Å²) in [5.74, 6) is 0.209. The van der Waals surface area contributed by atoms with E-state index in [1.807, 2.05) is 0 Å². The Labute approximate surface area is 126 Å². The van der Waals surface area contributed by atoms with Gasteiger partial charge in [0.25, 0.3) is 0 Å². The number of benzene rings is 1. The third-order valence-electron chi connectivity index (χ3n) is 3.86. The molecule has 0 spiro atoms. The van der Waals surface area contributed by atoms with Crippen LogP contribution < -0.4 is 5.32 Å². The second kappa shape index (κ2) is 6.68. The highest BCUT2D eigenvalue weighted by Gasteiger charge is 2.25. The summed E-state index contributed by atoms with van der Waals surface area (Å²) in [5.41, 5.74) is 0.420. The molecule has 0 aromatic heterocycles. The topological polar surface area (TPSA) is 66.5 Å². The predicted molar refractivity (Wildman–Crippen MR) is 81.9 cm³/mol. The first-order valence-electron chi connectivity index (χ1n) is 7.19. The van der Waals surface area contributed by atoms with Crippen molar-refractivity contribution in [2.24, 2.45) is 5.92 Å². The van der Waals surface area contributed by atoms with Crippen molar-refractivity contribution in [2.75, 3.05) is 26.7 Å². The first kappa shape index (κ1) is 16.1. The van der Waals surface area contributed by atoms with Crippen molar-refractivity contribution in [3.63, 3.8) is 0 Å². The van der Waals surface area contributed by atoms with E-state index in [4.69, 9.17) is 0 Å². The van der Waals surface area contributed by atoms with Crippen LogP contribution in [0.1, 0.15) is 30.1 Å². The van der Waals surface area contributed by atoms with E-state index < -0.39 is 10.0 Å². The molecule has 1 heterocycles. The zero-order valence-electron chi connectivity index (χ0n) is 12.5. The lowest BCUT2D eigenvalue weighted by Crippen LogP contribution is -2.39. The van der Waals surface area contributed by atoms with Gasteiger partial charge >= 0.3 is 0 Å². The molecule has 1 fully saturated rings. The Morgan fingerprint density at radius 3 is 2.81 bits per heavy atom. The average Bonchev–Trinajstić information content (AvgIpc) is 2.48. The Morgan fingerprint density at radius 1 is 1.43 bits per heavy atom. The largest absolute Gasteiger partial charge is 0.316 e. The van der Waals surface area contributed by atoms with Gasteiger partial charge in [0.15, 0.2) is 5.78 Å². The third-order valence-corrected chi connectivity index (χ3v) is 5.68. The molecule has 21 heavy (non-hydrogen) atoms. The number of hydrogen-bond donors (Lipinski definition) is 1. The highest BCUT2D eigenvalue weighted by Crippen LogP contribution is 2.19. The molecule has 0 amide bonds. The van der Waals surface area contributed by atoms with Gasteiger partial charge in [0.1, 0.15) is 0 Å². The summed E-state index contributed by atoms with van der Waals surface area (Å²) in [6.45, 7) is 3.80. The van der Waals surface area contributed by atoms with Crippen LogP contribution in [-0.4, -0.2) is 45.2 Å². The lowest BCUT2D eigenvalue weighted by atomic mass is 10.00. The molecule has 1 N–H and O–H groups in total. The van der Waals surface area contributed by atoms with E-state index in [-0.39, 0.29) is 10.7 Å². The monoisotopic (exact) mass is 310 g/mol. The lowest BCUT2D eigenvalue weighted by Gasteiger charge is -2.27. The quantitative estimate of drug-likeness (QED) is 0.837. The Morgan fingerprint density at radius 2 is 2.19 bits per heavy atom. The number of carbonyl (C=O) groups excluding carboxylic acids is 1. The van der Waals surface area contributed by atoms with E-state index in [1.54, 1.807) is 19.2 Å². The number of nitrogens with zero attached hydrogens (tertiary/aromatic N) is 1. The summed E-state index contributed by atoms with van der Waals surface area (Å²) in [7, 11) is -1.94. The first-order chi connectivity index (χ1) is 9.91. The summed E-state index contributed by atoms with van der Waals surface area (Å²) in [6.07, 6.45) is 2.12. The van der Waals surface area contributed by atoms with Crippen molar-refractivity contribution in [1.29, 1.82) is 0 Å². The van der Waals surface area contributed by atoms with Crippen LogP contribution in [0.2, 0.25) is 0 Å². The maximum Gasteiger partial charge on any atom is 0.242 e. The minimum absolute atomic E-state index is 0.133. The zero-order chi connectivity index (χ0) is 15.5. The average molecular weight is 310 g/mol. The van der Waals surface area contributed by atoms with Gasteiger partial charge in [-0.15, -0.1) is 0 Å². The number of sulfonamides is 1. The second-order valence-corrected chi connectivity index (χ2v) is 7.63. The van der Waals surface area contributed by atoms with Crippen molar-refractivity contribution in [1.82, 2.24) is 9.62 Å². The van der Waals surface area contributed by atoms with Gasteiger partial charge in [0.05, 0.1) is 4.90 Å². The molecule has 6 heteroatoms. The Kier molecular flexibility index (Phi) is 5.13. The predicted octanol–water partition coefficient (Wildman–Crippen LogP) is 1.51. The van der Waals surface area contributed by atoms with E-state index in [0.29, 0.717) is 18.0 Å². The summed E-state index contributed by atoms with van der Waals surface area (Å²) >= 11 is 0. The fraction of sp³-hybridized carbons (Fsp3) is 0.533. The normalized spacial score (nSPS) is 19.7. The number of nitrogens with one attached hydrogen (secondary N) is 1. The molecule has 1 saturated heterocycles. The van der Waals surface area contributed by atoms with Crippen molar-refractivity contribution < 1.29 is 13.2 Å². The zero-order valence-corrected chi connectivity index (χ0v) is 13.3. The van der Waals surface area contributed by atoms with Gasteiger partial charge in [-0.25, -0.2) is 12.7 Å². The Bertz CT molecular complexity index is 607. The van der Waals surface area contributed by atoms with Crippen LogP contribution in [0.4, 0.5) is 0 Å². The van der Waals surface area contributed by atoms with Crippen LogP contribution in [0.3, 0.4) is 0 Å². The van der Waals surface area contributed by atoms with E-state index in [1.165, 1.54) is 23.4 Å². The lowest BCUT2D eigenvalue weighted by molar-refractivity contribution is 0.101. The molecule has 0 saturated carbocycles. The summed E-state index contributed by atoms with van der Waals surface area (Å²) in [4.78, 5) is 11.6. The summed E-state index contributed by atoms with van der Waals surface area (Å²) in [6, 6.07) is 6.23. The van der Waals surface area contributed by atoms with E-state index in [0.717, 1.165) is 25.9 Å². The number of ketones is 1. The van der Waals surface area contributed by atoms with Crippen LogP contribution in [0.15, 0.2) is 29.2 Å². The van der Waals surface area contributed by atoms with Crippen LogP contribution in [-0.2, 0) is 10.0 Å². The van der Waals surface area contributed by atoms with Crippen LogP contribution in [0.5, 0.6) is 0 Å². The molecule has 2 rings (SSSR count). The van der Waals surface area contributed by atoms with Gasteiger partial charge in [-0.1, -0.05) is 12.1 Å². The van der Waals surface area contributed by atoms with Gasteiger partial charge in [-0.2, -0.15) is 0 Å². The summed E-state index contributed by atoms with van der Waals surface area (Å²) < 4.78 is 26.5. The molecule has 0 radical (unpaired) electrons. The van der Waals surface area contributed by atoms with Gasteiger partial charge in [-0.05, 0) is 50.9 Å². The van der Waals surface area contributed by atoms with Crippen molar-refractivity contribution in [3.8, 4) is 0 Å². The fourth-order valence-corrected chi connectivity index (χ4v) is 3.89. The molecule has 1 aliphatic heterocycles. The van der Waals surface area contributed by atoms with Crippen LogP contribution in [0, 0.1) is 5.92 Å². The smallest absolute Gasteiger partial charge is 0.242 e. The van der Waals surface area contributed by atoms with Crippen LogP contribution in [0.25, 0.3) is 0 Å². The molecule has 1 aromatic carbocycles. The van der Waals surface area contributed by atoms with Crippen LogP contribution >= 0.6 is 0 Å². The first-order valence-corrected chi connectivity index (χ1v) is 8.63. The molecule has 0 bridgehead atoms. The molecule has 1 atom stereocenters. The molecule has 1 aliphatic rings. The number of rotatable bonds is 5. The molecule has 1 aromatic rings. The van der Waals surface area contributed by atoms with Gasteiger partial charge in [-0.3, -0.25) is 4.79 Å². The fourth-order valence-electron chi connectivity index (χ4n) is 2.60. The number of piperidine rings is 1. The van der Waals surface area contributed by atoms with Crippen molar-refractivity contribution in [2.45, 2.75) is 24.7 Å². The highest BCUT2D eigenvalue weighted by molar-refractivity contribution is 7.89. The van der Waals surface area contributed by atoms with E-state index in [9.17, 15) is 13.2 Å². The Balaban J connectivity index is 2.16. The molecule has 1 unspecified atom stereocenters. The van der Waals surface area contributed by atoms with Gasteiger partial charge in [0.2, 0.25) is 10.0 Å². The highest BCUT2D eigenvalue weighted by atomic mass is 32.2. The minimum atomic E-state index is -3.54. The SMILES string of the molecule is CC(=O)c1cccc(S(=O)(=O)N(C)CC2CCCNC2)c1. The second-order valence-electron chi connectivity index (χ2n) is 5.58. The Hall–Kier alpha value is -1.24. The number of Topliss-reactive ketones (excluding diaryl/α,β-unsaturated/α-hetero) is 1. The molecular weight excluding hydrogens is 288 g/mol. The van der Waals surface area contributed by atoms with E-state index >= 15 is 0 Å². The summed E-state index contributed by atoms with van der Waals surface area (Å²) in [5, 5.41) is 3.29. The van der Waals surface area contributed by atoms with E-state index in [2.05, 4.69) is 5.32 Å². The van der Waals surface area contributed by atoms with Crippen molar-refractivity contribution in [3.05, 3.63) is 29.8 Å². The number of hydrogen-bond acceptors (Lipinski definition) is 4. The molecule has 0 aliphatic carbocycles. The third kappa shape index (κ3) is 3.90. The maximum absolute atomic E-state index is 12.6. The van der Waals surface area contributed by atoms with Gasteiger partial charge < -0.3 is 5.32 Å². The molecular formula is C15H22N2O3S. The van der Waals surface area contributed by atoms with Crippen molar-refractivity contribution >= 4 is 15.8 Å². The molecule has 5 nitrogen and oxygen atoms in total. The standard InChI is InChI=1S/C15H22N2O3S/c1-12(18)14-6-3-7-15(9-14)21(19,20)17(2)11-13-5-4-8-16-10-13/h3,6-7,9,13,16H,4-5,8,10-11H2,1-2H3. The van der Waals surface area contributed by atoms with Gasteiger partial charge in [0, 0.05) is 19.2 Å². The molecule has 116 valence electrons. The number of carbonyl (C=O) groups is 1.